The Bertz CT molecular complexity index is 1060. The molecule has 2 aliphatic rings. The molecule has 7 nitrogen and oxygen atoms in total. The molecule has 1 aromatic carbocycles. The molecule has 0 saturated carbocycles. The summed E-state index contributed by atoms with van der Waals surface area (Å²) in [7, 11) is 1.57. The summed E-state index contributed by atoms with van der Waals surface area (Å²) in [4.78, 5) is 21.6. The number of amides is 1. The smallest absolute Gasteiger partial charge is 0.272 e. The molecule has 0 radical (unpaired) electrons. The predicted molar refractivity (Wildman–Crippen MR) is 113 cm³/mol. The Labute approximate surface area is 175 Å². The van der Waals surface area contributed by atoms with Crippen LogP contribution in [0.15, 0.2) is 40.9 Å². The van der Waals surface area contributed by atoms with Gasteiger partial charge in [-0.3, -0.25) is 4.79 Å². The number of likely N-dealkylation sites (tertiary alicyclic amines) is 1. The molecule has 0 N–H and O–H groups in total. The largest absolute Gasteiger partial charge is 0.481 e. The number of aromatic nitrogens is 2. The average molecular weight is 406 g/mol. The van der Waals surface area contributed by atoms with Crippen LogP contribution in [-0.2, 0) is 6.42 Å². The van der Waals surface area contributed by atoms with Crippen LogP contribution >= 0.6 is 0 Å². The van der Waals surface area contributed by atoms with Gasteiger partial charge in [-0.25, -0.2) is 4.98 Å². The molecule has 156 valence electrons. The second kappa shape index (κ2) is 8.07. The zero-order valence-electron chi connectivity index (χ0n) is 17.2. The van der Waals surface area contributed by atoms with E-state index in [2.05, 4.69) is 21.1 Å². The molecule has 4 heterocycles. The third-order valence-electron chi connectivity index (χ3n) is 6.37. The van der Waals surface area contributed by atoms with E-state index in [1.54, 1.807) is 7.11 Å². The minimum Gasteiger partial charge on any atom is -0.481 e. The molecule has 30 heavy (non-hydrogen) atoms. The first-order valence-electron chi connectivity index (χ1n) is 10.6. The van der Waals surface area contributed by atoms with Crippen molar-refractivity contribution in [1.82, 2.24) is 19.9 Å². The molecule has 5 rings (SSSR count). The highest BCUT2D eigenvalue weighted by Gasteiger charge is 2.28. The lowest BCUT2D eigenvalue weighted by Crippen LogP contribution is -2.44. The van der Waals surface area contributed by atoms with Crippen LogP contribution in [0.5, 0.6) is 5.88 Å². The fourth-order valence-electron chi connectivity index (χ4n) is 4.58. The number of piperidine rings is 1. The van der Waals surface area contributed by atoms with Crippen molar-refractivity contribution >= 4 is 16.9 Å². The van der Waals surface area contributed by atoms with Gasteiger partial charge in [0.15, 0.2) is 5.58 Å². The van der Waals surface area contributed by atoms with Crippen LogP contribution < -0.4 is 4.74 Å². The Morgan fingerprint density at radius 2 is 1.93 bits per heavy atom. The summed E-state index contributed by atoms with van der Waals surface area (Å²) in [6.07, 6.45) is 2.97. The number of benzene rings is 1. The summed E-state index contributed by atoms with van der Waals surface area (Å²) in [5.41, 5.74) is 3.51. The number of nitrogens with zero attached hydrogens (tertiary/aromatic N) is 4. The van der Waals surface area contributed by atoms with Crippen molar-refractivity contribution < 1.29 is 14.1 Å². The lowest BCUT2D eigenvalue weighted by atomic mass is 9.91. The summed E-state index contributed by atoms with van der Waals surface area (Å²) >= 11 is 0. The number of ether oxygens (including phenoxy) is 1. The van der Waals surface area contributed by atoms with Gasteiger partial charge < -0.3 is 19.1 Å². The van der Waals surface area contributed by atoms with Gasteiger partial charge in [0.2, 0.25) is 5.88 Å². The van der Waals surface area contributed by atoms with Crippen LogP contribution in [0.3, 0.4) is 0 Å². The molecule has 2 aliphatic heterocycles. The zero-order valence-corrected chi connectivity index (χ0v) is 17.2. The van der Waals surface area contributed by atoms with E-state index >= 15 is 0 Å². The number of rotatable bonds is 5. The molecule has 1 fully saturated rings. The monoisotopic (exact) mass is 406 g/mol. The standard InChI is InChI=1S/C23H26N4O3/c1-29-20-7-6-16-10-13-27(23(28)22(16)24-20)15-14-26-11-8-17(9-12-26)21-18-4-2-3-5-19(18)30-25-21/h2-7,17H,8-15H2,1H3. The van der Waals surface area contributed by atoms with Crippen molar-refractivity contribution in [3.8, 4) is 5.88 Å². The number of carbonyl (C=O) groups excluding carboxylic acids is 1. The van der Waals surface area contributed by atoms with Crippen LogP contribution in [0, 0.1) is 0 Å². The van der Waals surface area contributed by atoms with E-state index in [0.29, 0.717) is 17.5 Å². The fourth-order valence-corrected chi connectivity index (χ4v) is 4.58. The molecular weight excluding hydrogens is 380 g/mol. The Balaban J connectivity index is 1.17. The molecular formula is C23H26N4O3. The number of pyridine rings is 1. The van der Waals surface area contributed by atoms with Crippen molar-refractivity contribution in [3.05, 3.63) is 53.3 Å². The lowest BCUT2D eigenvalue weighted by molar-refractivity contribution is 0.0702. The van der Waals surface area contributed by atoms with Crippen molar-refractivity contribution in [2.75, 3.05) is 39.8 Å². The first kappa shape index (κ1) is 19.1. The first-order chi connectivity index (χ1) is 14.7. The predicted octanol–water partition coefficient (Wildman–Crippen LogP) is 3.11. The van der Waals surface area contributed by atoms with Crippen molar-refractivity contribution in [2.45, 2.75) is 25.2 Å². The average Bonchev–Trinajstić information content (AvgIpc) is 3.23. The Morgan fingerprint density at radius 3 is 2.77 bits per heavy atom. The Hall–Kier alpha value is -2.93. The number of hydrogen-bond donors (Lipinski definition) is 0. The number of hydrogen-bond acceptors (Lipinski definition) is 6. The normalized spacial score (nSPS) is 18.0. The van der Waals surface area contributed by atoms with Gasteiger partial charge in [-0.1, -0.05) is 23.4 Å². The lowest BCUT2D eigenvalue weighted by Gasteiger charge is -2.34. The van der Waals surface area contributed by atoms with Crippen LogP contribution in [0.1, 0.15) is 40.5 Å². The van der Waals surface area contributed by atoms with Crippen molar-refractivity contribution in [3.63, 3.8) is 0 Å². The van der Waals surface area contributed by atoms with Crippen LogP contribution in [0.25, 0.3) is 11.0 Å². The Kier molecular flexibility index (Phi) is 5.12. The van der Waals surface area contributed by atoms with E-state index in [1.807, 2.05) is 35.2 Å². The topological polar surface area (TPSA) is 71.7 Å². The van der Waals surface area contributed by atoms with Crippen molar-refractivity contribution in [2.24, 2.45) is 0 Å². The van der Waals surface area contributed by atoms with Gasteiger partial charge in [0, 0.05) is 37.0 Å². The van der Waals surface area contributed by atoms with Crippen molar-refractivity contribution in [1.29, 1.82) is 0 Å². The number of fused-ring (bicyclic) bond motifs is 2. The van der Waals surface area contributed by atoms with Gasteiger partial charge >= 0.3 is 0 Å². The van der Waals surface area contributed by atoms with E-state index in [-0.39, 0.29) is 5.91 Å². The quantitative estimate of drug-likeness (QED) is 0.648. The molecule has 3 aromatic rings. The van der Waals surface area contributed by atoms with E-state index in [0.717, 1.165) is 74.2 Å². The third kappa shape index (κ3) is 3.54. The second-order valence-electron chi connectivity index (χ2n) is 8.08. The maximum absolute atomic E-state index is 12.9. The van der Waals surface area contributed by atoms with E-state index in [9.17, 15) is 4.79 Å². The minimum atomic E-state index is 0.0131. The first-order valence-corrected chi connectivity index (χ1v) is 10.6. The fraction of sp³-hybridized carbons (Fsp3) is 0.435. The van der Waals surface area contributed by atoms with Gasteiger partial charge in [-0.2, -0.15) is 0 Å². The Morgan fingerprint density at radius 1 is 1.10 bits per heavy atom. The number of methoxy groups -OCH3 is 1. The highest BCUT2D eigenvalue weighted by Crippen LogP contribution is 2.32. The van der Waals surface area contributed by atoms with Gasteiger partial charge in [0.1, 0.15) is 5.69 Å². The zero-order chi connectivity index (χ0) is 20.5. The maximum Gasteiger partial charge on any atom is 0.272 e. The molecule has 0 bridgehead atoms. The van der Waals surface area contributed by atoms with Crippen LogP contribution in [0.2, 0.25) is 0 Å². The third-order valence-corrected chi connectivity index (χ3v) is 6.37. The van der Waals surface area contributed by atoms with Gasteiger partial charge in [0.25, 0.3) is 5.91 Å². The van der Waals surface area contributed by atoms with E-state index < -0.39 is 0 Å². The van der Waals surface area contributed by atoms with Crippen LogP contribution in [0.4, 0.5) is 0 Å². The van der Waals surface area contributed by atoms with Gasteiger partial charge in [-0.05, 0) is 50.0 Å². The second-order valence-corrected chi connectivity index (χ2v) is 8.08. The molecule has 1 saturated heterocycles. The van der Waals surface area contributed by atoms with Crippen LogP contribution in [-0.4, -0.2) is 65.7 Å². The summed E-state index contributed by atoms with van der Waals surface area (Å²) < 4.78 is 10.7. The molecule has 1 amide bonds. The molecule has 0 spiro atoms. The summed E-state index contributed by atoms with van der Waals surface area (Å²) in [5, 5.41) is 5.48. The minimum absolute atomic E-state index is 0.0131. The SMILES string of the molecule is COc1ccc2c(n1)C(=O)N(CCN1CCC(c3noc4ccccc34)CC1)CC2. The van der Waals surface area contributed by atoms with Gasteiger partial charge in [-0.15, -0.1) is 0 Å². The summed E-state index contributed by atoms with van der Waals surface area (Å²) in [6, 6.07) is 11.9. The summed E-state index contributed by atoms with van der Waals surface area (Å²) in [5.74, 6) is 0.940. The van der Waals surface area contributed by atoms with E-state index in [4.69, 9.17) is 9.26 Å². The molecule has 2 aromatic heterocycles. The molecule has 0 atom stereocenters. The highest BCUT2D eigenvalue weighted by molar-refractivity contribution is 5.95. The van der Waals surface area contributed by atoms with Gasteiger partial charge in [0.05, 0.1) is 12.8 Å². The molecule has 0 aliphatic carbocycles. The van der Waals surface area contributed by atoms with E-state index in [1.165, 1.54) is 0 Å². The number of carbonyl (C=O) groups is 1. The number of para-hydroxylation sites is 1. The molecule has 7 heteroatoms. The highest BCUT2D eigenvalue weighted by atomic mass is 16.5. The summed E-state index contributed by atoms with van der Waals surface area (Å²) in [6.45, 7) is 4.39. The molecule has 0 unspecified atom stereocenters. The maximum atomic E-state index is 12.9.